The Morgan fingerprint density at radius 2 is 2.11 bits per heavy atom. The maximum atomic E-state index is 12.7. The summed E-state index contributed by atoms with van der Waals surface area (Å²) in [5.41, 5.74) is 1.01. The largest absolute Gasteiger partial charge is 0.392 e. The highest BCUT2D eigenvalue weighted by atomic mass is 32.2. The van der Waals surface area contributed by atoms with Gasteiger partial charge in [0, 0.05) is 11.4 Å². The molecule has 6 heteroatoms. The first-order chi connectivity index (χ1) is 8.84. The van der Waals surface area contributed by atoms with Crippen LogP contribution in [0.5, 0.6) is 0 Å². The van der Waals surface area contributed by atoms with Crippen LogP contribution in [-0.2, 0) is 10.0 Å². The van der Waals surface area contributed by atoms with Crippen molar-refractivity contribution in [2.45, 2.75) is 56.4 Å². The summed E-state index contributed by atoms with van der Waals surface area (Å²) in [4.78, 5) is 1.03. The number of aliphatic hydroxyl groups excluding tert-OH is 1. The Morgan fingerprint density at radius 1 is 1.42 bits per heavy atom. The van der Waals surface area contributed by atoms with E-state index in [1.54, 1.807) is 13.0 Å². The number of piperidine rings is 1. The molecule has 1 saturated heterocycles. The van der Waals surface area contributed by atoms with Crippen LogP contribution in [0.1, 0.15) is 36.6 Å². The predicted molar refractivity (Wildman–Crippen MR) is 77.0 cm³/mol. The van der Waals surface area contributed by atoms with Gasteiger partial charge in [-0.3, -0.25) is 0 Å². The molecule has 0 bridgehead atoms. The average Bonchev–Trinajstić information content (AvgIpc) is 2.70. The number of aryl methyl sites for hydroxylation is 2. The minimum absolute atomic E-state index is 0.290. The van der Waals surface area contributed by atoms with Crippen LogP contribution in [0.15, 0.2) is 10.3 Å². The summed E-state index contributed by atoms with van der Waals surface area (Å²) in [6.07, 6.45) is 1.95. The van der Waals surface area contributed by atoms with Gasteiger partial charge in [-0.2, -0.15) is 4.31 Å². The molecule has 0 spiro atoms. The Balaban J connectivity index is 2.37. The van der Waals surface area contributed by atoms with Crippen LogP contribution in [0.25, 0.3) is 0 Å². The lowest BCUT2D eigenvalue weighted by molar-refractivity contribution is 0.0832. The van der Waals surface area contributed by atoms with E-state index in [9.17, 15) is 13.5 Å². The maximum absolute atomic E-state index is 12.7. The topological polar surface area (TPSA) is 57.6 Å². The van der Waals surface area contributed by atoms with Crippen molar-refractivity contribution in [3.8, 4) is 0 Å². The molecular weight excluding hydrogens is 282 g/mol. The molecule has 2 rings (SSSR count). The number of sulfonamides is 1. The van der Waals surface area contributed by atoms with E-state index in [1.807, 2.05) is 13.8 Å². The third kappa shape index (κ3) is 2.86. The SMILES string of the molecule is Cc1cc(S(=O)(=O)N2CCCC[C@H]2[C@@H](C)O)sc1C. The van der Waals surface area contributed by atoms with E-state index in [2.05, 4.69) is 0 Å². The van der Waals surface area contributed by atoms with E-state index in [0.717, 1.165) is 29.7 Å². The number of rotatable bonds is 3. The molecule has 0 radical (unpaired) electrons. The highest BCUT2D eigenvalue weighted by Crippen LogP contribution is 2.32. The minimum Gasteiger partial charge on any atom is -0.392 e. The second kappa shape index (κ2) is 5.52. The monoisotopic (exact) mass is 303 g/mol. The Labute approximate surface area is 119 Å². The molecule has 1 aromatic rings. The van der Waals surface area contributed by atoms with E-state index in [0.29, 0.717) is 10.8 Å². The Hall–Kier alpha value is -0.430. The lowest BCUT2D eigenvalue weighted by Crippen LogP contribution is -2.48. The van der Waals surface area contributed by atoms with Crippen molar-refractivity contribution in [2.24, 2.45) is 0 Å². The predicted octanol–water partition coefficient (Wildman–Crippen LogP) is 2.29. The molecular formula is C13H21NO3S2. The van der Waals surface area contributed by atoms with Gasteiger partial charge in [0.2, 0.25) is 0 Å². The number of nitrogens with zero attached hydrogens (tertiary/aromatic N) is 1. The van der Waals surface area contributed by atoms with E-state index < -0.39 is 16.1 Å². The molecule has 1 fully saturated rings. The van der Waals surface area contributed by atoms with Crippen LogP contribution in [-0.4, -0.2) is 36.5 Å². The first-order valence-corrected chi connectivity index (χ1v) is 8.86. The molecule has 0 saturated carbocycles. The van der Waals surface area contributed by atoms with Crippen molar-refractivity contribution in [1.82, 2.24) is 4.31 Å². The summed E-state index contributed by atoms with van der Waals surface area (Å²) in [6, 6.07) is 1.45. The third-order valence-electron chi connectivity index (χ3n) is 3.76. The zero-order valence-corrected chi connectivity index (χ0v) is 13.2. The highest BCUT2D eigenvalue weighted by Gasteiger charge is 2.36. The van der Waals surface area contributed by atoms with Crippen LogP contribution in [0.4, 0.5) is 0 Å². The summed E-state index contributed by atoms with van der Waals surface area (Å²) >= 11 is 1.32. The number of hydrogen-bond acceptors (Lipinski definition) is 4. The quantitative estimate of drug-likeness (QED) is 0.932. The van der Waals surface area contributed by atoms with Gasteiger partial charge >= 0.3 is 0 Å². The maximum Gasteiger partial charge on any atom is 0.252 e. The fourth-order valence-electron chi connectivity index (χ4n) is 2.49. The van der Waals surface area contributed by atoms with Gasteiger partial charge in [0.15, 0.2) is 0 Å². The van der Waals surface area contributed by atoms with Crippen molar-refractivity contribution in [3.63, 3.8) is 0 Å². The molecule has 19 heavy (non-hydrogen) atoms. The van der Waals surface area contributed by atoms with E-state index in [1.165, 1.54) is 15.6 Å². The van der Waals surface area contributed by atoms with Crippen LogP contribution in [0.2, 0.25) is 0 Å². The van der Waals surface area contributed by atoms with Gasteiger partial charge in [0.1, 0.15) is 4.21 Å². The van der Waals surface area contributed by atoms with Crippen molar-refractivity contribution in [3.05, 3.63) is 16.5 Å². The van der Waals surface area contributed by atoms with Gasteiger partial charge in [0.05, 0.1) is 12.1 Å². The smallest absolute Gasteiger partial charge is 0.252 e. The van der Waals surface area contributed by atoms with Crippen LogP contribution >= 0.6 is 11.3 Å². The number of thiophene rings is 1. The molecule has 1 aromatic heterocycles. The van der Waals surface area contributed by atoms with Crippen LogP contribution in [0, 0.1) is 13.8 Å². The fourth-order valence-corrected chi connectivity index (χ4v) is 5.90. The third-order valence-corrected chi connectivity index (χ3v) is 7.29. The van der Waals surface area contributed by atoms with Gasteiger partial charge < -0.3 is 5.11 Å². The Bertz CT molecular complexity index is 529. The molecule has 108 valence electrons. The summed E-state index contributed by atoms with van der Waals surface area (Å²) < 4.78 is 27.3. The molecule has 0 unspecified atom stereocenters. The highest BCUT2D eigenvalue weighted by molar-refractivity contribution is 7.91. The van der Waals surface area contributed by atoms with Crippen molar-refractivity contribution in [2.75, 3.05) is 6.54 Å². The summed E-state index contributed by atoms with van der Waals surface area (Å²) in [5, 5.41) is 9.81. The summed E-state index contributed by atoms with van der Waals surface area (Å²) in [7, 11) is -3.47. The van der Waals surface area contributed by atoms with E-state index >= 15 is 0 Å². The Morgan fingerprint density at radius 3 is 2.63 bits per heavy atom. The van der Waals surface area contributed by atoms with Gasteiger partial charge in [0.25, 0.3) is 10.0 Å². The van der Waals surface area contributed by atoms with Gasteiger partial charge in [-0.1, -0.05) is 6.42 Å². The van der Waals surface area contributed by atoms with Crippen molar-refractivity contribution >= 4 is 21.4 Å². The second-order valence-electron chi connectivity index (χ2n) is 5.22. The molecule has 0 aromatic carbocycles. The standard InChI is InChI=1S/C13H21NO3S2/c1-9-8-13(18-11(9)3)19(16,17)14-7-5-4-6-12(14)10(2)15/h8,10,12,15H,4-7H2,1-3H3/t10-,12+/m1/s1. The lowest BCUT2D eigenvalue weighted by atomic mass is 10.0. The number of aliphatic hydroxyl groups is 1. The molecule has 1 aliphatic rings. The van der Waals surface area contributed by atoms with E-state index in [4.69, 9.17) is 0 Å². The van der Waals surface area contributed by atoms with Crippen molar-refractivity contribution in [1.29, 1.82) is 0 Å². The molecule has 1 N–H and O–H groups in total. The number of hydrogen-bond donors (Lipinski definition) is 1. The first kappa shape index (κ1) is 15.0. The molecule has 1 aliphatic heterocycles. The first-order valence-electron chi connectivity index (χ1n) is 6.61. The van der Waals surface area contributed by atoms with Crippen molar-refractivity contribution < 1.29 is 13.5 Å². The summed E-state index contributed by atoms with van der Waals surface area (Å²) in [5.74, 6) is 0. The van der Waals surface area contributed by atoms with E-state index in [-0.39, 0.29) is 6.04 Å². The summed E-state index contributed by atoms with van der Waals surface area (Å²) in [6.45, 7) is 6.03. The second-order valence-corrected chi connectivity index (χ2v) is 8.60. The molecule has 2 atom stereocenters. The molecule has 2 heterocycles. The van der Waals surface area contributed by atoms with Crippen LogP contribution in [0.3, 0.4) is 0 Å². The minimum atomic E-state index is -3.47. The molecule has 4 nitrogen and oxygen atoms in total. The zero-order chi connectivity index (χ0) is 14.2. The fraction of sp³-hybridized carbons (Fsp3) is 0.692. The lowest BCUT2D eigenvalue weighted by Gasteiger charge is -2.35. The Kier molecular flexibility index (Phi) is 4.35. The zero-order valence-electron chi connectivity index (χ0n) is 11.6. The normalized spacial score (nSPS) is 23.5. The van der Waals surface area contributed by atoms with Gasteiger partial charge in [-0.05, 0) is 45.2 Å². The van der Waals surface area contributed by atoms with Gasteiger partial charge in [-0.15, -0.1) is 11.3 Å². The molecule has 0 amide bonds. The molecule has 0 aliphatic carbocycles. The van der Waals surface area contributed by atoms with Crippen LogP contribution < -0.4 is 0 Å². The average molecular weight is 303 g/mol. The van der Waals surface area contributed by atoms with Gasteiger partial charge in [-0.25, -0.2) is 8.42 Å².